The Morgan fingerprint density at radius 1 is 1.37 bits per heavy atom. The van der Waals surface area contributed by atoms with Crippen LogP contribution in [0.3, 0.4) is 0 Å². The van der Waals surface area contributed by atoms with Gasteiger partial charge in [0, 0.05) is 29.7 Å². The Kier molecular flexibility index (Phi) is 3.07. The number of aromatic nitrogens is 2. The van der Waals surface area contributed by atoms with Crippen molar-refractivity contribution in [2.75, 3.05) is 0 Å². The lowest BCUT2D eigenvalue weighted by molar-refractivity contribution is 0.0936. The van der Waals surface area contributed by atoms with Gasteiger partial charge in [-0.3, -0.25) is 4.79 Å². The summed E-state index contributed by atoms with van der Waals surface area (Å²) in [5.74, 6) is 0.686. The summed E-state index contributed by atoms with van der Waals surface area (Å²) in [5.41, 5.74) is 1.71. The minimum atomic E-state index is 0.0107. The first-order valence-electron chi connectivity index (χ1n) is 6.63. The predicted molar refractivity (Wildman–Crippen MR) is 73.2 cm³/mol. The lowest BCUT2D eigenvalue weighted by atomic mass is 10.1. The summed E-state index contributed by atoms with van der Waals surface area (Å²) in [5, 5.41) is 3.05. The van der Waals surface area contributed by atoms with Crippen LogP contribution in [0.2, 0.25) is 0 Å². The number of amides is 1. The van der Waals surface area contributed by atoms with Crippen LogP contribution in [0, 0.1) is 5.92 Å². The van der Waals surface area contributed by atoms with E-state index in [2.05, 4.69) is 17.2 Å². The fraction of sp³-hybridized carbons (Fsp3) is 0.333. The summed E-state index contributed by atoms with van der Waals surface area (Å²) in [6.07, 6.45) is 7.83. The molecule has 1 aliphatic carbocycles. The molecular formula is C15H17N3O. The van der Waals surface area contributed by atoms with Crippen molar-refractivity contribution >= 4 is 5.91 Å². The van der Waals surface area contributed by atoms with Gasteiger partial charge < -0.3 is 9.88 Å². The van der Waals surface area contributed by atoms with Crippen LogP contribution in [0.5, 0.6) is 0 Å². The molecule has 98 valence electrons. The van der Waals surface area contributed by atoms with Gasteiger partial charge in [0.25, 0.3) is 5.91 Å². The highest BCUT2D eigenvalue weighted by molar-refractivity contribution is 5.94. The molecule has 0 saturated heterocycles. The average Bonchev–Trinajstić information content (AvgIpc) is 3.14. The number of nitrogens with zero attached hydrogens (tertiary/aromatic N) is 2. The SMILES string of the molecule is CC(NC(=O)c1ccc(-n2ccnc2)cc1)C1CC1. The number of benzene rings is 1. The van der Waals surface area contributed by atoms with Gasteiger partial charge in [-0.2, -0.15) is 0 Å². The van der Waals surface area contributed by atoms with E-state index in [-0.39, 0.29) is 11.9 Å². The highest BCUT2D eigenvalue weighted by Crippen LogP contribution is 2.32. The summed E-state index contributed by atoms with van der Waals surface area (Å²) in [7, 11) is 0. The molecule has 0 spiro atoms. The van der Waals surface area contributed by atoms with Crippen molar-refractivity contribution in [3.63, 3.8) is 0 Å². The van der Waals surface area contributed by atoms with Crippen LogP contribution < -0.4 is 5.32 Å². The van der Waals surface area contributed by atoms with Crippen molar-refractivity contribution in [2.45, 2.75) is 25.8 Å². The molecule has 4 nitrogen and oxygen atoms in total. The predicted octanol–water partition coefficient (Wildman–Crippen LogP) is 2.40. The number of hydrogen-bond acceptors (Lipinski definition) is 2. The number of imidazole rings is 1. The van der Waals surface area contributed by atoms with Crippen LogP contribution in [0.25, 0.3) is 5.69 Å². The van der Waals surface area contributed by atoms with Gasteiger partial charge in [0.15, 0.2) is 0 Å². The van der Waals surface area contributed by atoms with Gasteiger partial charge in [-0.15, -0.1) is 0 Å². The van der Waals surface area contributed by atoms with E-state index in [1.165, 1.54) is 12.8 Å². The molecule has 2 aromatic rings. The molecule has 0 aliphatic heterocycles. The smallest absolute Gasteiger partial charge is 0.251 e. The van der Waals surface area contributed by atoms with Gasteiger partial charge in [0.1, 0.15) is 0 Å². The zero-order chi connectivity index (χ0) is 13.2. The van der Waals surface area contributed by atoms with Gasteiger partial charge in [0.2, 0.25) is 0 Å². The van der Waals surface area contributed by atoms with E-state index in [9.17, 15) is 4.79 Å². The molecule has 3 rings (SSSR count). The second-order valence-corrected chi connectivity index (χ2v) is 5.12. The Morgan fingerprint density at radius 2 is 2.11 bits per heavy atom. The molecule has 1 aromatic heterocycles. The second kappa shape index (κ2) is 4.88. The van der Waals surface area contributed by atoms with Crippen molar-refractivity contribution < 1.29 is 4.79 Å². The number of carbonyl (C=O) groups excluding carboxylic acids is 1. The van der Waals surface area contributed by atoms with Crippen molar-refractivity contribution in [3.05, 3.63) is 48.5 Å². The standard InChI is InChI=1S/C15H17N3O/c1-11(12-2-3-12)17-15(19)13-4-6-14(7-5-13)18-9-8-16-10-18/h4-12H,2-3H2,1H3,(H,17,19). The van der Waals surface area contributed by atoms with Crippen LogP contribution in [0.4, 0.5) is 0 Å². The first-order valence-corrected chi connectivity index (χ1v) is 6.63. The van der Waals surface area contributed by atoms with Crippen molar-refractivity contribution in [1.82, 2.24) is 14.9 Å². The summed E-state index contributed by atoms with van der Waals surface area (Å²) in [4.78, 5) is 16.1. The maximum absolute atomic E-state index is 12.1. The monoisotopic (exact) mass is 255 g/mol. The quantitative estimate of drug-likeness (QED) is 0.912. The largest absolute Gasteiger partial charge is 0.349 e. The highest BCUT2D eigenvalue weighted by atomic mass is 16.1. The number of nitrogens with one attached hydrogen (secondary N) is 1. The molecular weight excluding hydrogens is 238 g/mol. The molecule has 19 heavy (non-hydrogen) atoms. The molecule has 4 heteroatoms. The minimum Gasteiger partial charge on any atom is -0.349 e. The molecule has 1 unspecified atom stereocenters. The lowest BCUT2D eigenvalue weighted by Gasteiger charge is -2.13. The number of hydrogen-bond donors (Lipinski definition) is 1. The van der Waals surface area contributed by atoms with Crippen molar-refractivity contribution in [1.29, 1.82) is 0 Å². The van der Waals surface area contributed by atoms with E-state index in [1.54, 1.807) is 12.5 Å². The van der Waals surface area contributed by atoms with Gasteiger partial charge in [-0.1, -0.05) is 0 Å². The Bertz CT molecular complexity index is 556. The molecule has 1 fully saturated rings. The molecule has 1 aromatic carbocycles. The molecule has 1 saturated carbocycles. The Balaban J connectivity index is 1.69. The van der Waals surface area contributed by atoms with E-state index >= 15 is 0 Å². The Morgan fingerprint density at radius 3 is 2.68 bits per heavy atom. The van der Waals surface area contributed by atoms with E-state index < -0.39 is 0 Å². The molecule has 1 aliphatic rings. The van der Waals surface area contributed by atoms with E-state index in [1.807, 2.05) is 35.0 Å². The third-order valence-corrected chi connectivity index (χ3v) is 3.62. The summed E-state index contributed by atoms with van der Waals surface area (Å²) in [6, 6.07) is 7.84. The summed E-state index contributed by atoms with van der Waals surface area (Å²) < 4.78 is 1.91. The van der Waals surface area contributed by atoms with E-state index in [4.69, 9.17) is 0 Å². The molecule has 0 bridgehead atoms. The highest BCUT2D eigenvalue weighted by Gasteiger charge is 2.28. The van der Waals surface area contributed by atoms with Gasteiger partial charge in [-0.25, -0.2) is 4.98 Å². The fourth-order valence-corrected chi connectivity index (χ4v) is 2.20. The van der Waals surface area contributed by atoms with Crippen LogP contribution in [-0.4, -0.2) is 21.5 Å². The lowest BCUT2D eigenvalue weighted by Crippen LogP contribution is -2.33. The third kappa shape index (κ3) is 2.67. The van der Waals surface area contributed by atoms with Gasteiger partial charge >= 0.3 is 0 Å². The van der Waals surface area contributed by atoms with Crippen LogP contribution >= 0.6 is 0 Å². The fourth-order valence-electron chi connectivity index (χ4n) is 2.20. The Hall–Kier alpha value is -2.10. The van der Waals surface area contributed by atoms with E-state index in [0.717, 1.165) is 5.69 Å². The topological polar surface area (TPSA) is 46.9 Å². The zero-order valence-electron chi connectivity index (χ0n) is 10.9. The van der Waals surface area contributed by atoms with Crippen LogP contribution in [0.15, 0.2) is 43.0 Å². The summed E-state index contributed by atoms with van der Waals surface area (Å²) >= 11 is 0. The third-order valence-electron chi connectivity index (χ3n) is 3.62. The normalized spacial score (nSPS) is 16.1. The zero-order valence-corrected chi connectivity index (χ0v) is 10.9. The molecule has 1 heterocycles. The Labute approximate surface area is 112 Å². The van der Waals surface area contributed by atoms with Gasteiger partial charge in [-0.05, 0) is 49.9 Å². The number of carbonyl (C=O) groups is 1. The number of rotatable bonds is 4. The van der Waals surface area contributed by atoms with Crippen molar-refractivity contribution in [2.24, 2.45) is 5.92 Å². The van der Waals surface area contributed by atoms with Gasteiger partial charge in [0.05, 0.1) is 6.33 Å². The first-order chi connectivity index (χ1) is 9.24. The maximum Gasteiger partial charge on any atom is 0.251 e. The average molecular weight is 255 g/mol. The van der Waals surface area contributed by atoms with E-state index in [0.29, 0.717) is 11.5 Å². The summed E-state index contributed by atoms with van der Waals surface area (Å²) in [6.45, 7) is 2.08. The first kappa shape index (κ1) is 12.0. The van der Waals surface area contributed by atoms with Crippen molar-refractivity contribution in [3.8, 4) is 5.69 Å². The molecule has 1 N–H and O–H groups in total. The molecule has 1 amide bonds. The second-order valence-electron chi connectivity index (χ2n) is 5.12. The molecule has 1 atom stereocenters. The molecule has 0 radical (unpaired) electrons. The van der Waals surface area contributed by atoms with Crippen LogP contribution in [-0.2, 0) is 0 Å². The maximum atomic E-state index is 12.1. The van der Waals surface area contributed by atoms with Crippen LogP contribution in [0.1, 0.15) is 30.1 Å². The minimum absolute atomic E-state index is 0.0107.